The van der Waals surface area contributed by atoms with E-state index in [1.165, 1.54) is 11.4 Å². The van der Waals surface area contributed by atoms with Crippen molar-refractivity contribution in [1.29, 1.82) is 0 Å². The van der Waals surface area contributed by atoms with Gasteiger partial charge in [0.1, 0.15) is 0 Å². The molecule has 8 heteroatoms. The molecule has 6 nitrogen and oxygen atoms in total. The fourth-order valence-corrected chi connectivity index (χ4v) is 5.41. The van der Waals surface area contributed by atoms with Crippen LogP contribution in [0, 0.1) is 6.92 Å². The van der Waals surface area contributed by atoms with Crippen molar-refractivity contribution in [3.8, 4) is 0 Å². The lowest BCUT2D eigenvalue weighted by Gasteiger charge is -2.18. The predicted octanol–water partition coefficient (Wildman–Crippen LogP) is 1.48. The van der Waals surface area contributed by atoms with Crippen LogP contribution in [-0.2, 0) is 20.0 Å². The molecule has 0 atom stereocenters. The highest BCUT2D eigenvalue weighted by Crippen LogP contribution is 2.23. The third-order valence-corrected chi connectivity index (χ3v) is 8.03. The maximum absolute atomic E-state index is 12.4. The summed E-state index contributed by atoms with van der Waals surface area (Å²) in [5.74, 6) is 0. The Balaban J connectivity index is 1.93. The van der Waals surface area contributed by atoms with Gasteiger partial charge in [0.15, 0.2) is 0 Å². The number of nitrogens with zero attached hydrogens (tertiary/aromatic N) is 1. The zero-order chi connectivity index (χ0) is 17.1. The van der Waals surface area contributed by atoms with Crippen LogP contribution >= 0.6 is 0 Å². The molecule has 0 heterocycles. The van der Waals surface area contributed by atoms with Gasteiger partial charge < -0.3 is 0 Å². The summed E-state index contributed by atoms with van der Waals surface area (Å²) in [6.45, 7) is 2.07. The minimum atomic E-state index is -3.59. The molecular weight excluding hydrogens is 336 g/mol. The van der Waals surface area contributed by atoms with Crippen LogP contribution in [0.5, 0.6) is 0 Å². The topological polar surface area (TPSA) is 83.6 Å². The van der Waals surface area contributed by atoms with E-state index in [4.69, 9.17) is 0 Å². The van der Waals surface area contributed by atoms with Crippen molar-refractivity contribution in [2.45, 2.75) is 42.8 Å². The third-order valence-electron chi connectivity index (χ3n) is 4.20. The second-order valence-electron chi connectivity index (χ2n) is 5.99. The molecule has 1 aliphatic carbocycles. The van der Waals surface area contributed by atoms with Gasteiger partial charge in [-0.3, -0.25) is 0 Å². The molecule has 0 unspecified atom stereocenters. The number of hydrogen-bond donors (Lipinski definition) is 1. The number of sulfonamides is 2. The minimum Gasteiger partial charge on any atom is -0.214 e. The Hall–Kier alpha value is -0.960. The molecule has 0 saturated heterocycles. The SMILES string of the molecule is Cc1ccc(S(=O)(=O)N(C)CCNS(=O)(=O)C2CCCC2)cc1. The van der Waals surface area contributed by atoms with Crippen LogP contribution < -0.4 is 4.72 Å². The first kappa shape index (κ1) is 18.4. The van der Waals surface area contributed by atoms with Gasteiger partial charge >= 0.3 is 0 Å². The highest BCUT2D eigenvalue weighted by molar-refractivity contribution is 7.90. The Morgan fingerprint density at radius 3 is 2.22 bits per heavy atom. The van der Waals surface area contributed by atoms with E-state index in [1.54, 1.807) is 24.3 Å². The lowest BCUT2D eigenvalue weighted by molar-refractivity contribution is 0.468. The molecule has 0 aromatic heterocycles. The molecule has 1 aliphatic rings. The summed E-state index contributed by atoms with van der Waals surface area (Å²) in [6, 6.07) is 6.60. The fourth-order valence-electron chi connectivity index (χ4n) is 2.67. The molecule has 1 saturated carbocycles. The molecule has 0 aliphatic heterocycles. The monoisotopic (exact) mass is 360 g/mol. The number of likely N-dealkylation sites (N-methyl/N-ethyl adjacent to an activating group) is 1. The smallest absolute Gasteiger partial charge is 0.214 e. The maximum Gasteiger partial charge on any atom is 0.242 e. The van der Waals surface area contributed by atoms with Crippen molar-refractivity contribution < 1.29 is 16.8 Å². The molecule has 1 aromatic carbocycles. The summed E-state index contributed by atoms with van der Waals surface area (Å²) in [4.78, 5) is 0.212. The first-order valence-electron chi connectivity index (χ1n) is 7.75. The van der Waals surface area contributed by atoms with E-state index in [0.29, 0.717) is 12.8 Å². The molecule has 0 spiro atoms. The summed E-state index contributed by atoms with van der Waals surface area (Å²) in [6.07, 6.45) is 3.25. The van der Waals surface area contributed by atoms with E-state index >= 15 is 0 Å². The molecule has 1 aromatic rings. The molecule has 1 N–H and O–H groups in total. The van der Waals surface area contributed by atoms with Crippen LogP contribution in [0.2, 0.25) is 0 Å². The lowest BCUT2D eigenvalue weighted by atomic mass is 10.2. The summed E-state index contributed by atoms with van der Waals surface area (Å²) >= 11 is 0. The largest absolute Gasteiger partial charge is 0.242 e. The maximum atomic E-state index is 12.4. The molecule has 23 heavy (non-hydrogen) atoms. The van der Waals surface area contributed by atoms with Crippen LogP contribution in [-0.4, -0.2) is 46.5 Å². The molecule has 1 fully saturated rings. The number of nitrogens with one attached hydrogen (secondary N) is 1. The number of hydrogen-bond acceptors (Lipinski definition) is 4. The Morgan fingerprint density at radius 1 is 1.09 bits per heavy atom. The quantitative estimate of drug-likeness (QED) is 0.798. The number of benzene rings is 1. The predicted molar refractivity (Wildman–Crippen MR) is 90.2 cm³/mol. The van der Waals surface area contributed by atoms with Crippen LogP contribution in [0.15, 0.2) is 29.2 Å². The van der Waals surface area contributed by atoms with Crippen LogP contribution in [0.3, 0.4) is 0 Å². The van der Waals surface area contributed by atoms with Crippen molar-refractivity contribution in [1.82, 2.24) is 9.03 Å². The van der Waals surface area contributed by atoms with E-state index in [-0.39, 0.29) is 23.2 Å². The standard InChI is InChI=1S/C15H24N2O4S2/c1-13-7-9-15(10-8-13)23(20,21)17(2)12-11-16-22(18,19)14-5-3-4-6-14/h7-10,14,16H,3-6,11-12H2,1-2H3. The van der Waals surface area contributed by atoms with E-state index in [1.807, 2.05) is 6.92 Å². The average Bonchev–Trinajstić information content (AvgIpc) is 3.02. The van der Waals surface area contributed by atoms with Gasteiger partial charge in [0, 0.05) is 20.1 Å². The zero-order valence-corrected chi connectivity index (χ0v) is 15.2. The fraction of sp³-hybridized carbons (Fsp3) is 0.600. The van der Waals surface area contributed by atoms with Crippen molar-refractivity contribution in [3.63, 3.8) is 0 Å². The molecule has 0 bridgehead atoms. The average molecular weight is 361 g/mol. The highest BCUT2D eigenvalue weighted by Gasteiger charge is 2.28. The Kier molecular flexibility index (Phi) is 5.83. The van der Waals surface area contributed by atoms with Crippen LogP contribution in [0.25, 0.3) is 0 Å². The number of aryl methyl sites for hydroxylation is 1. The van der Waals surface area contributed by atoms with E-state index in [0.717, 1.165) is 18.4 Å². The molecular formula is C15H24N2O4S2. The Bertz CT molecular complexity index is 721. The van der Waals surface area contributed by atoms with Crippen molar-refractivity contribution in [2.75, 3.05) is 20.1 Å². The second-order valence-corrected chi connectivity index (χ2v) is 10.1. The van der Waals surface area contributed by atoms with Crippen molar-refractivity contribution in [3.05, 3.63) is 29.8 Å². The Morgan fingerprint density at radius 2 is 1.65 bits per heavy atom. The summed E-state index contributed by atoms with van der Waals surface area (Å²) < 4.78 is 52.7. The molecule has 130 valence electrons. The molecule has 0 radical (unpaired) electrons. The lowest BCUT2D eigenvalue weighted by Crippen LogP contribution is -2.39. The molecule has 2 rings (SSSR count). The minimum absolute atomic E-state index is 0.0838. The van der Waals surface area contributed by atoms with Crippen molar-refractivity contribution >= 4 is 20.0 Å². The number of rotatable bonds is 7. The normalized spacial score (nSPS) is 17.0. The first-order valence-corrected chi connectivity index (χ1v) is 10.7. The summed E-state index contributed by atoms with van der Waals surface area (Å²) in [5.41, 5.74) is 0.982. The van der Waals surface area contributed by atoms with Gasteiger partial charge in [-0.15, -0.1) is 0 Å². The zero-order valence-electron chi connectivity index (χ0n) is 13.5. The summed E-state index contributed by atoms with van der Waals surface area (Å²) in [5, 5.41) is -0.332. The van der Waals surface area contributed by atoms with Gasteiger partial charge in [-0.25, -0.2) is 21.6 Å². The Labute approximate surface area is 139 Å². The van der Waals surface area contributed by atoms with E-state index in [9.17, 15) is 16.8 Å². The summed E-state index contributed by atoms with van der Waals surface area (Å²) in [7, 11) is -5.48. The van der Waals surface area contributed by atoms with Gasteiger partial charge in [0.2, 0.25) is 20.0 Å². The van der Waals surface area contributed by atoms with Crippen molar-refractivity contribution in [2.24, 2.45) is 0 Å². The van der Waals surface area contributed by atoms with Gasteiger partial charge in [-0.05, 0) is 31.9 Å². The first-order chi connectivity index (χ1) is 10.7. The molecule has 0 amide bonds. The van der Waals surface area contributed by atoms with Gasteiger partial charge in [0.25, 0.3) is 0 Å². The van der Waals surface area contributed by atoms with Gasteiger partial charge in [-0.1, -0.05) is 30.5 Å². The van der Waals surface area contributed by atoms with Gasteiger partial charge in [-0.2, -0.15) is 4.31 Å². The van der Waals surface area contributed by atoms with E-state index in [2.05, 4.69) is 4.72 Å². The third kappa shape index (κ3) is 4.53. The van der Waals surface area contributed by atoms with E-state index < -0.39 is 20.0 Å². The van der Waals surface area contributed by atoms with Crippen LogP contribution in [0.1, 0.15) is 31.2 Å². The highest BCUT2D eigenvalue weighted by atomic mass is 32.2. The van der Waals surface area contributed by atoms with Gasteiger partial charge in [0.05, 0.1) is 10.1 Å². The second kappa shape index (κ2) is 7.29. The van der Waals surface area contributed by atoms with Crippen LogP contribution in [0.4, 0.5) is 0 Å².